The lowest BCUT2D eigenvalue weighted by atomic mass is 10.1. The van der Waals surface area contributed by atoms with Crippen molar-refractivity contribution < 1.29 is 4.74 Å². The first-order valence-corrected chi connectivity index (χ1v) is 7.69. The smallest absolute Gasteiger partial charge is 0.0587 e. The van der Waals surface area contributed by atoms with Gasteiger partial charge in [0.05, 0.1) is 6.10 Å². The van der Waals surface area contributed by atoms with Crippen molar-refractivity contribution in [3.63, 3.8) is 0 Å². The summed E-state index contributed by atoms with van der Waals surface area (Å²) in [6.45, 7) is 2.74. The van der Waals surface area contributed by atoms with Crippen molar-refractivity contribution in [2.24, 2.45) is 0 Å². The molecular weight excluding hydrogens is 314 g/mol. The van der Waals surface area contributed by atoms with E-state index in [1.54, 1.807) is 0 Å². The monoisotopic (exact) mass is 331 g/mol. The van der Waals surface area contributed by atoms with Crippen molar-refractivity contribution in [3.8, 4) is 0 Å². The first-order valence-electron chi connectivity index (χ1n) is 6.52. The second-order valence-corrected chi connectivity index (χ2v) is 6.01. The third-order valence-corrected chi connectivity index (χ3v) is 4.09. The molecule has 1 N–H and O–H groups in total. The van der Waals surface area contributed by atoms with Crippen LogP contribution < -0.4 is 5.32 Å². The Bertz CT molecular complexity index is 380. The molecule has 0 aliphatic carbocycles. The number of ether oxygens (including phenoxy) is 1. The molecule has 18 heavy (non-hydrogen) atoms. The third kappa shape index (κ3) is 4.54. The molecule has 1 fully saturated rings. The molecule has 1 aromatic rings. The van der Waals surface area contributed by atoms with Crippen LogP contribution >= 0.6 is 27.5 Å². The van der Waals surface area contributed by atoms with Crippen LogP contribution in [0.25, 0.3) is 0 Å². The Morgan fingerprint density at radius 2 is 2.28 bits per heavy atom. The maximum atomic E-state index is 6.16. The van der Waals surface area contributed by atoms with Crippen molar-refractivity contribution in [3.05, 3.63) is 33.3 Å². The fourth-order valence-electron chi connectivity index (χ4n) is 2.19. The quantitative estimate of drug-likeness (QED) is 0.818. The van der Waals surface area contributed by atoms with E-state index in [2.05, 4.69) is 27.3 Å². The van der Waals surface area contributed by atoms with Crippen LogP contribution in [0.4, 0.5) is 0 Å². The summed E-state index contributed by atoms with van der Waals surface area (Å²) in [5.41, 5.74) is 1.14. The fourth-order valence-corrected chi connectivity index (χ4v) is 2.93. The molecule has 4 heteroatoms. The molecule has 1 aliphatic rings. The summed E-state index contributed by atoms with van der Waals surface area (Å²) in [5, 5.41) is 4.24. The van der Waals surface area contributed by atoms with E-state index in [9.17, 15) is 0 Å². The number of hydrogen-bond donors (Lipinski definition) is 1. The normalized spacial score (nSPS) is 20.0. The zero-order valence-corrected chi connectivity index (χ0v) is 12.8. The molecule has 2 nitrogen and oxygen atoms in total. The molecule has 1 unspecified atom stereocenters. The van der Waals surface area contributed by atoms with Crippen LogP contribution in [0.15, 0.2) is 22.7 Å². The molecule has 1 atom stereocenters. The van der Waals surface area contributed by atoms with Gasteiger partial charge in [-0.2, -0.15) is 0 Å². The van der Waals surface area contributed by atoms with E-state index in [1.165, 1.54) is 19.3 Å². The number of benzene rings is 1. The summed E-state index contributed by atoms with van der Waals surface area (Å²) in [6, 6.07) is 6.01. The molecule has 0 amide bonds. The minimum atomic E-state index is 0.451. The van der Waals surface area contributed by atoms with Gasteiger partial charge >= 0.3 is 0 Å². The molecule has 0 bridgehead atoms. The highest BCUT2D eigenvalue weighted by molar-refractivity contribution is 9.10. The Labute approximate surface area is 122 Å². The van der Waals surface area contributed by atoms with Gasteiger partial charge in [0.15, 0.2) is 0 Å². The molecule has 0 aromatic heterocycles. The molecule has 0 radical (unpaired) electrons. The van der Waals surface area contributed by atoms with Gasteiger partial charge in [-0.1, -0.05) is 33.6 Å². The van der Waals surface area contributed by atoms with Crippen LogP contribution in [0.5, 0.6) is 0 Å². The Morgan fingerprint density at radius 3 is 3.00 bits per heavy atom. The first-order chi connectivity index (χ1) is 8.75. The van der Waals surface area contributed by atoms with E-state index >= 15 is 0 Å². The minimum Gasteiger partial charge on any atom is -0.378 e. The van der Waals surface area contributed by atoms with Gasteiger partial charge in [0, 0.05) is 22.6 Å². The highest BCUT2D eigenvalue weighted by Gasteiger charge is 2.12. The van der Waals surface area contributed by atoms with Gasteiger partial charge in [-0.05, 0) is 49.9 Å². The summed E-state index contributed by atoms with van der Waals surface area (Å²) in [4.78, 5) is 0. The van der Waals surface area contributed by atoms with Gasteiger partial charge in [0.25, 0.3) is 0 Å². The average molecular weight is 333 g/mol. The molecule has 0 saturated carbocycles. The SMILES string of the molecule is Clc1cc(Br)ccc1CNCCC1CCCCO1. The molecule has 1 aliphatic heterocycles. The van der Waals surface area contributed by atoms with Crippen molar-refractivity contribution in [2.75, 3.05) is 13.2 Å². The minimum absolute atomic E-state index is 0.451. The van der Waals surface area contributed by atoms with Crippen LogP contribution in [0.2, 0.25) is 5.02 Å². The summed E-state index contributed by atoms with van der Waals surface area (Å²) < 4.78 is 6.72. The highest BCUT2D eigenvalue weighted by Crippen LogP contribution is 2.21. The molecule has 1 heterocycles. The van der Waals surface area contributed by atoms with Gasteiger partial charge in [0.2, 0.25) is 0 Å². The summed E-state index contributed by atoms with van der Waals surface area (Å²) in [5.74, 6) is 0. The van der Waals surface area contributed by atoms with E-state index in [-0.39, 0.29) is 0 Å². The average Bonchev–Trinajstić information content (AvgIpc) is 2.38. The summed E-state index contributed by atoms with van der Waals surface area (Å²) in [7, 11) is 0. The lowest BCUT2D eigenvalue weighted by Gasteiger charge is -2.22. The third-order valence-electron chi connectivity index (χ3n) is 3.25. The first kappa shape index (κ1) is 14.3. The zero-order valence-electron chi connectivity index (χ0n) is 10.4. The van der Waals surface area contributed by atoms with Crippen molar-refractivity contribution >= 4 is 27.5 Å². The summed E-state index contributed by atoms with van der Waals surface area (Å²) in [6.07, 6.45) is 5.28. The van der Waals surface area contributed by atoms with E-state index in [4.69, 9.17) is 16.3 Å². The zero-order chi connectivity index (χ0) is 12.8. The molecule has 2 rings (SSSR count). The van der Waals surface area contributed by atoms with Gasteiger partial charge in [-0.3, -0.25) is 0 Å². The largest absolute Gasteiger partial charge is 0.378 e. The second kappa shape index (κ2) is 7.49. The van der Waals surface area contributed by atoms with E-state index in [1.807, 2.05) is 12.1 Å². The fraction of sp³-hybridized carbons (Fsp3) is 0.571. The topological polar surface area (TPSA) is 21.3 Å². The lowest BCUT2D eigenvalue weighted by Crippen LogP contribution is -2.25. The van der Waals surface area contributed by atoms with Crippen LogP contribution in [-0.2, 0) is 11.3 Å². The van der Waals surface area contributed by atoms with Crippen molar-refractivity contribution in [1.29, 1.82) is 0 Å². The van der Waals surface area contributed by atoms with E-state index in [0.29, 0.717) is 6.10 Å². The van der Waals surface area contributed by atoms with E-state index in [0.717, 1.165) is 41.2 Å². The predicted octanol–water partition coefficient (Wildman–Crippen LogP) is 4.15. The maximum Gasteiger partial charge on any atom is 0.0587 e. The molecule has 1 aromatic carbocycles. The Morgan fingerprint density at radius 1 is 1.39 bits per heavy atom. The van der Waals surface area contributed by atoms with Gasteiger partial charge in [-0.25, -0.2) is 0 Å². The standard InChI is InChI=1S/C14H19BrClNO/c15-12-5-4-11(14(16)9-12)10-17-7-6-13-3-1-2-8-18-13/h4-5,9,13,17H,1-3,6-8,10H2. The molecule has 100 valence electrons. The molecular formula is C14H19BrClNO. The number of hydrogen-bond acceptors (Lipinski definition) is 2. The van der Waals surface area contributed by atoms with Crippen LogP contribution in [0.3, 0.4) is 0 Å². The Hall–Kier alpha value is -0.0900. The Balaban J connectivity index is 1.68. The van der Waals surface area contributed by atoms with Gasteiger partial charge < -0.3 is 10.1 Å². The maximum absolute atomic E-state index is 6.16. The van der Waals surface area contributed by atoms with Crippen LogP contribution in [-0.4, -0.2) is 19.3 Å². The lowest BCUT2D eigenvalue weighted by molar-refractivity contribution is 0.0115. The number of halogens is 2. The van der Waals surface area contributed by atoms with Crippen molar-refractivity contribution in [1.82, 2.24) is 5.32 Å². The van der Waals surface area contributed by atoms with Crippen LogP contribution in [0.1, 0.15) is 31.2 Å². The number of rotatable bonds is 5. The number of nitrogens with one attached hydrogen (secondary N) is 1. The predicted molar refractivity (Wildman–Crippen MR) is 79.1 cm³/mol. The Kier molecular flexibility index (Phi) is 5.96. The van der Waals surface area contributed by atoms with E-state index < -0.39 is 0 Å². The van der Waals surface area contributed by atoms with Crippen LogP contribution in [0, 0.1) is 0 Å². The van der Waals surface area contributed by atoms with Crippen molar-refractivity contribution in [2.45, 2.75) is 38.3 Å². The van der Waals surface area contributed by atoms with Gasteiger partial charge in [0.1, 0.15) is 0 Å². The molecule has 0 spiro atoms. The second-order valence-electron chi connectivity index (χ2n) is 4.69. The highest BCUT2D eigenvalue weighted by atomic mass is 79.9. The van der Waals surface area contributed by atoms with Gasteiger partial charge in [-0.15, -0.1) is 0 Å². The summed E-state index contributed by atoms with van der Waals surface area (Å²) >= 11 is 9.57. The molecule has 1 saturated heterocycles.